The van der Waals surface area contributed by atoms with Gasteiger partial charge in [0, 0.05) is 6.42 Å². The second-order valence-corrected chi connectivity index (χ2v) is 4.99. The molecule has 0 aliphatic rings. The highest BCUT2D eigenvalue weighted by molar-refractivity contribution is 5.66. The monoisotopic (exact) mass is 278 g/mol. The third kappa shape index (κ3) is 16.7. The molecule has 0 amide bonds. The number of unbranched alkanes of at least 4 members (excludes halogenated alkanes) is 5. The van der Waals surface area contributed by atoms with Gasteiger partial charge >= 0.3 is 5.97 Å². The molecule has 0 saturated carbocycles. The molecule has 0 saturated heterocycles. The molecule has 0 radical (unpaired) electrons. The lowest BCUT2D eigenvalue weighted by Crippen LogP contribution is -1.93. The Morgan fingerprint density at radius 1 is 0.800 bits per heavy atom. The Labute approximate surface area is 124 Å². The molecule has 0 bridgehead atoms. The third-order valence-electron chi connectivity index (χ3n) is 3.04. The Kier molecular flexibility index (Phi) is 14.7. The first-order chi connectivity index (χ1) is 9.77. The summed E-state index contributed by atoms with van der Waals surface area (Å²) < 4.78 is 0. The summed E-state index contributed by atoms with van der Waals surface area (Å²) in [6.45, 7) is 2.15. The Hall–Kier alpha value is -1.31. The minimum Gasteiger partial charge on any atom is -0.481 e. The van der Waals surface area contributed by atoms with Gasteiger partial charge in [-0.25, -0.2) is 0 Å². The van der Waals surface area contributed by atoms with E-state index in [1.165, 1.54) is 12.8 Å². The van der Waals surface area contributed by atoms with Crippen LogP contribution in [0.1, 0.15) is 71.1 Å². The molecular formula is C18H30O2. The molecule has 20 heavy (non-hydrogen) atoms. The van der Waals surface area contributed by atoms with Crippen LogP contribution in [-0.2, 0) is 4.79 Å². The molecule has 0 rings (SSSR count). The normalized spacial score (nSPS) is 12.1. The Bertz CT molecular complexity index is 301. The van der Waals surface area contributed by atoms with Gasteiger partial charge in [0.1, 0.15) is 0 Å². The van der Waals surface area contributed by atoms with E-state index in [9.17, 15) is 4.79 Å². The third-order valence-corrected chi connectivity index (χ3v) is 3.04. The number of rotatable bonds is 13. The first-order valence-electron chi connectivity index (χ1n) is 7.94. The largest absolute Gasteiger partial charge is 0.481 e. The van der Waals surface area contributed by atoms with Crippen LogP contribution in [0.2, 0.25) is 0 Å². The van der Waals surface area contributed by atoms with Crippen molar-refractivity contribution < 1.29 is 9.90 Å². The Morgan fingerprint density at radius 3 is 2.00 bits per heavy atom. The van der Waals surface area contributed by atoms with Gasteiger partial charge in [-0.1, -0.05) is 62.6 Å². The topological polar surface area (TPSA) is 37.3 Å². The quantitative estimate of drug-likeness (QED) is 0.348. The fraction of sp³-hybridized carbons (Fsp3) is 0.611. The van der Waals surface area contributed by atoms with Gasteiger partial charge in [0.05, 0.1) is 0 Å². The first-order valence-corrected chi connectivity index (χ1v) is 7.94. The maximum atomic E-state index is 10.3. The smallest absolute Gasteiger partial charge is 0.303 e. The van der Waals surface area contributed by atoms with Gasteiger partial charge in [-0.2, -0.15) is 0 Å². The number of carbonyl (C=O) groups is 1. The van der Waals surface area contributed by atoms with E-state index in [2.05, 4.69) is 43.4 Å². The minimum atomic E-state index is -0.675. The van der Waals surface area contributed by atoms with Crippen LogP contribution in [0.4, 0.5) is 0 Å². The van der Waals surface area contributed by atoms with E-state index in [1.54, 1.807) is 0 Å². The summed E-state index contributed by atoms with van der Waals surface area (Å²) in [5.74, 6) is -0.675. The summed E-state index contributed by atoms with van der Waals surface area (Å²) in [7, 11) is 0. The van der Waals surface area contributed by atoms with E-state index >= 15 is 0 Å². The number of hydrogen-bond donors (Lipinski definition) is 1. The van der Waals surface area contributed by atoms with Crippen molar-refractivity contribution in [2.75, 3.05) is 0 Å². The molecule has 0 fully saturated rings. The van der Waals surface area contributed by atoms with E-state index < -0.39 is 5.97 Å². The van der Waals surface area contributed by atoms with Crippen LogP contribution in [0, 0.1) is 0 Å². The van der Waals surface area contributed by atoms with Crippen molar-refractivity contribution in [2.45, 2.75) is 71.1 Å². The molecule has 0 spiro atoms. The van der Waals surface area contributed by atoms with E-state index in [4.69, 9.17) is 5.11 Å². The molecule has 0 heterocycles. The molecule has 114 valence electrons. The number of allylic oxidation sites excluding steroid dienone is 6. The fourth-order valence-corrected chi connectivity index (χ4v) is 1.90. The zero-order valence-corrected chi connectivity index (χ0v) is 12.9. The molecule has 0 atom stereocenters. The molecule has 0 aliphatic carbocycles. The highest BCUT2D eigenvalue weighted by atomic mass is 16.4. The van der Waals surface area contributed by atoms with Gasteiger partial charge in [-0.15, -0.1) is 0 Å². The lowest BCUT2D eigenvalue weighted by molar-refractivity contribution is -0.137. The van der Waals surface area contributed by atoms with Crippen LogP contribution in [0.25, 0.3) is 0 Å². The zero-order chi connectivity index (χ0) is 14.9. The van der Waals surface area contributed by atoms with Gasteiger partial charge in [0.15, 0.2) is 0 Å². The summed E-state index contributed by atoms with van der Waals surface area (Å²) in [5.41, 5.74) is 0. The number of carboxylic acid groups (broad SMARTS) is 1. The van der Waals surface area contributed by atoms with E-state index in [0.717, 1.165) is 44.9 Å². The molecule has 0 aromatic carbocycles. The summed E-state index contributed by atoms with van der Waals surface area (Å²) in [5, 5.41) is 8.50. The average molecular weight is 278 g/mol. The first kappa shape index (κ1) is 18.7. The van der Waals surface area contributed by atoms with Crippen LogP contribution in [0.15, 0.2) is 36.5 Å². The predicted molar refractivity (Wildman–Crippen MR) is 86.9 cm³/mol. The summed E-state index contributed by atoms with van der Waals surface area (Å²) >= 11 is 0. The molecule has 0 aromatic rings. The number of hydrogen-bond acceptors (Lipinski definition) is 1. The van der Waals surface area contributed by atoms with Gasteiger partial charge in [0.2, 0.25) is 0 Å². The minimum absolute atomic E-state index is 0.319. The second kappa shape index (κ2) is 15.7. The Morgan fingerprint density at radius 2 is 1.35 bits per heavy atom. The molecule has 1 N–H and O–H groups in total. The lowest BCUT2D eigenvalue weighted by atomic mass is 10.1. The van der Waals surface area contributed by atoms with Crippen molar-refractivity contribution in [3.05, 3.63) is 36.5 Å². The van der Waals surface area contributed by atoms with Crippen molar-refractivity contribution in [3.8, 4) is 0 Å². The van der Waals surface area contributed by atoms with Gasteiger partial charge in [0.25, 0.3) is 0 Å². The second-order valence-electron chi connectivity index (χ2n) is 4.99. The fourth-order valence-electron chi connectivity index (χ4n) is 1.90. The summed E-state index contributed by atoms with van der Waals surface area (Å²) in [6, 6.07) is 0. The van der Waals surface area contributed by atoms with Crippen LogP contribution >= 0.6 is 0 Å². The van der Waals surface area contributed by atoms with Crippen LogP contribution < -0.4 is 0 Å². The van der Waals surface area contributed by atoms with Crippen LogP contribution in [-0.4, -0.2) is 11.1 Å². The molecule has 0 aliphatic heterocycles. The van der Waals surface area contributed by atoms with Crippen LogP contribution in [0.5, 0.6) is 0 Å². The number of aliphatic carboxylic acids is 1. The maximum absolute atomic E-state index is 10.3. The van der Waals surface area contributed by atoms with Crippen molar-refractivity contribution >= 4 is 5.97 Å². The van der Waals surface area contributed by atoms with Crippen LogP contribution in [0.3, 0.4) is 0 Å². The highest BCUT2D eigenvalue weighted by Gasteiger charge is 1.95. The van der Waals surface area contributed by atoms with Gasteiger partial charge in [-0.05, 0) is 38.5 Å². The SMILES string of the molecule is CCC=CC/C=C\CC=CCCCCCCCC(=O)O. The average Bonchev–Trinajstić information content (AvgIpc) is 2.43. The molecule has 2 heteroatoms. The van der Waals surface area contributed by atoms with E-state index in [-0.39, 0.29) is 0 Å². The summed E-state index contributed by atoms with van der Waals surface area (Å²) in [6.07, 6.45) is 23.4. The standard InChI is InChI=1S/C18H30O2/c1-2-3-4-5-6-7-8-9-10-11-12-13-14-15-16-17-18(19)20/h3-4,6-7,9-10H,2,5,8,11-17H2,1H3,(H,19,20)/b4-3?,7-6-,10-9?. The van der Waals surface area contributed by atoms with Crippen molar-refractivity contribution in [2.24, 2.45) is 0 Å². The van der Waals surface area contributed by atoms with Crippen molar-refractivity contribution in [1.29, 1.82) is 0 Å². The van der Waals surface area contributed by atoms with E-state index in [0.29, 0.717) is 6.42 Å². The van der Waals surface area contributed by atoms with Crippen molar-refractivity contribution in [1.82, 2.24) is 0 Å². The molecule has 0 unspecified atom stereocenters. The summed E-state index contributed by atoms with van der Waals surface area (Å²) in [4.78, 5) is 10.3. The zero-order valence-electron chi connectivity index (χ0n) is 12.9. The lowest BCUT2D eigenvalue weighted by Gasteiger charge is -1.98. The van der Waals surface area contributed by atoms with Gasteiger partial charge in [-0.3, -0.25) is 4.79 Å². The maximum Gasteiger partial charge on any atom is 0.303 e. The van der Waals surface area contributed by atoms with E-state index in [1.807, 2.05) is 0 Å². The number of carboxylic acids is 1. The molecular weight excluding hydrogens is 248 g/mol. The highest BCUT2D eigenvalue weighted by Crippen LogP contribution is 2.07. The van der Waals surface area contributed by atoms with Crippen molar-refractivity contribution in [3.63, 3.8) is 0 Å². The Balaban J connectivity index is 3.23. The predicted octanol–water partition coefficient (Wildman–Crippen LogP) is 5.66. The molecule has 2 nitrogen and oxygen atoms in total. The molecule has 0 aromatic heterocycles. The van der Waals surface area contributed by atoms with Gasteiger partial charge < -0.3 is 5.11 Å².